The van der Waals surface area contributed by atoms with Gasteiger partial charge in [-0.05, 0) is 30.5 Å². The lowest BCUT2D eigenvalue weighted by molar-refractivity contribution is -0.133. The number of nitrogens with one attached hydrogen (secondary N) is 2. The van der Waals surface area contributed by atoms with Crippen molar-refractivity contribution in [1.82, 2.24) is 15.5 Å². The van der Waals surface area contributed by atoms with Gasteiger partial charge in [0, 0.05) is 48.7 Å². The molecule has 1 heterocycles. The van der Waals surface area contributed by atoms with Crippen LogP contribution in [0.5, 0.6) is 0 Å². The Hall–Kier alpha value is -0.730. The summed E-state index contributed by atoms with van der Waals surface area (Å²) < 4.78 is 0. The Morgan fingerprint density at radius 1 is 1.35 bits per heavy atom. The van der Waals surface area contributed by atoms with Crippen molar-refractivity contribution < 1.29 is 4.79 Å². The van der Waals surface area contributed by atoms with Crippen LogP contribution < -0.4 is 10.6 Å². The molecule has 0 radical (unpaired) electrons. The van der Waals surface area contributed by atoms with E-state index < -0.39 is 0 Å². The van der Waals surface area contributed by atoms with Gasteiger partial charge in [0.15, 0.2) is 5.96 Å². The quantitative estimate of drug-likeness (QED) is 0.360. The number of hydrogen-bond donors (Lipinski definition) is 2. The molecule has 1 aliphatic rings. The molecule has 2 N–H and O–H groups in total. The van der Waals surface area contributed by atoms with Crippen LogP contribution in [-0.4, -0.2) is 49.5 Å². The van der Waals surface area contributed by atoms with Crippen LogP contribution in [0.4, 0.5) is 0 Å². The lowest BCUT2D eigenvalue weighted by atomic mass is 10.1. The lowest BCUT2D eigenvalue weighted by Crippen LogP contribution is -2.45. The fourth-order valence-corrected chi connectivity index (χ4v) is 3.49. The van der Waals surface area contributed by atoms with E-state index in [2.05, 4.69) is 15.6 Å². The SMILES string of the molecule is CN=C(NCCc1c(Cl)cccc1Cl)NC1CCN(C(=O)C(C)C)C1.I. The molecule has 0 saturated carbocycles. The first-order chi connectivity index (χ1) is 11.9. The third kappa shape index (κ3) is 6.46. The van der Waals surface area contributed by atoms with Crippen molar-refractivity contribution in [3.8, 4) is 0 Å². The van der Waals surface area contributed by atoms with Gasteiger partial charge in [0.25, 0.3) is 0 Å². The first-order valence-electron chi connectivity index (χ1n) is 8.61. The zero-order valence-corrected chi connectivity index (χ0v) is 19.2. The maximum Gasteiger partial charge on any atom is 0.225 e. The molecule has 1 amide bonds. The summed E-state index contributed by atoms with van der Waals surface area (Å²) in [4.78, 5) is 18.2. The van der Waals surface area contributed by atoms with Crippen LogP contribution in [0.15, 0.2) is 23.2 Å². The topological polar surface area (TPSA) is 56.7 Å². The van der Waals surface area contributed by atoms with Crippen molar-refractivity contribution in [3.63, 3.8) is 0 Å². The van der Waals surface area contributed by atoms with E-state index in [1.165, 1.54) is 0 Å². The van der Waals surface area contributed by atoms with Crippen molar-refractivity contribution in [3.05, 3.63) is 33.8 Å². The minimum atomic E-state index is 0. The molecular weight excluding hydrogens is 486 g/mol. The number of halogens is 3. The highest BCUT2D eigenvalue weighted by molar-refractivity contribution is 14.0. The summed E-state index contributed by atoms with van der Waals surface area (Å²) >= 11 is 12.4. The van der Waals surface area contributed by atoms with Gasteiger partial charge in [0.1, 0.15) is 0 Å². The maximum atomic E-state index is 12.1. The minimum Gasteiger partial charge on any atom is -0.356 e. The van der Waals surface area contributed by atoms with Gasteiger partial charge in [-0.25, -0.2) is 0 Å². The smallest absolute Gasteiger partial charge is 0.225 e. The van der Waals surface area contributed by atoms with E-state index in [4.69, 9.17) is 23.2 Å². The monoisotopic (exact) mass is 512 g/mol. The fourth-order valence-electron chi connectivity index (χ4n) is 2.91. The van der Waals surface area contributed by atoms with Crippen molar-refractivity contribution in [2.75, 3.05) is 26.7 Å². The summed E-state index contributed by atoms with van der Waals surface area (Å²) in [6.45, 7) is 6.05. The summed E-state index contributed by atoms with van der Waals surface area (Å²) in [5, 5.41) is 8.02. The molecule has 8 heteroatoms. The third-order valence-corrected chi connectivity index (χ3v) is 5.00. The van der Waals surface area contributed by atoms with E-state index >= 15 is 0 Å². The molecule has 5 nitrogen and oxygen atoms in total. The van der Waals surface area contributed by atoms with Crippen LogP contribution in [0, 0.1) is 5.92 Å². The van der Waals surface area contributed by atoms with Crippen LogP contribution in [0.25, 0.3) is 0 Å². The van der Waals surface area contributed by atoms with Crippen LogP contribution in [0.2, 0.25) is 10.0 Å². The van der Waals surface area contributed by atoms with Crippen molar-refractivity contribution in [2.24, 2.45) is 10.9 Å². The highest BCUT2D eigenvalue weighted by Crippen LogP contribution is 2.24. The molecule has 1 aromatic rings. The zero-order chi connectivity index (χ0) is 18.4. The molecule has 0 aromatic heterocycles. The maximum absolute atomic E-state index is 12.1. The molecule has 0 spiro atoms. The van der Waals surface area contributed by atoms with Gasteiger partial charge in [-0.1, -0.05) is 43.1 Å². The molecule has 1 fully saturated rings. The van der Waals surface area contributed by atoms with E-state index in [1.54, 1.807) is 7.05 Å². The van der Waals surface area contributed by atoms with Crippen LogP contribution in [-0.2, 0) is 11.2 Å². The molecule has 1 atom stereocenters. The molecule has 26 heavy (non-hydrogen) atoms. The van der Waals surface area contributed by atoms with Gasteiger partial charge < -0.3 is 15.5 Å². The molecule has 1 saturated heterocycles. The van der Waals surface area contributed by atoms with Gasteiger partial charge in [0.2, 0.25) is 5.91 Å². The van der Waals surface area contributed by atoms with E-state index in [0.717, 1.165) is 24.5 Å². The Morgan fingerprint density at radius 3 is 2.58 bits per heavy atom. The second-order valence-corrected chi connectivity index (χ2v) is 7.33. The number of benzene rings is 1. The largest absolute Gasteiger partial charge is 0.356 e. The van der Waals surface area contributed by atoms with E-state index in [1.807, 2.05) is 36.9 Å². The van der Waals surface area contributed by atoms with Crippen LogP contribution >= 0.6 is 47.2 Å². The van der Waals surface area contributed by atoms with Gasteiger partial charge in [-0.15, -0.1) is 24.0 Å². The van der Waals surface area contributed by atoms with Gasteiger partial charge >= 0.3 is 0 Å². The van der Waals surface area contributed by atoms with E-state index in [-0.39, 0.29) is 41.8 Å². The lowest BCUT2D eigenvalue weighted by Gasteiger charge is -2.20. The molecule has 146 valence electrons. The van der Waals surface area contributed by atoms with Crippen molar-refractivity contribution >= 4 is 59.0 Å². The van der Waals surface area contributed by atoms with Gasteiger partial charge in [-0.3, -0.25) is 9.79 Å². The fraction of sp³-hybridized carbons (Fsp3) is 0.556. The van der Waals surface area contributed by atoms with Crippen molar-refractivity contribution in [2.45, 2.75) is 32.7 Å². The molecule has 1 aliphatic heterocycles. The normalized spacial score (nSPS) is 17.2. The van der Waals surface area contributed by atoms with Gasteiger partial charge in [-0.2, -0.15) is 0 Å². The van der Waals surface area contributed by atoms with E-state index in [0.29, 0.717) is 29.6 Å². The summed E-state index contributed by atoms with van der Waals surface area (Å²) in [5.41, 5.74) is 0.934. The second-order valence-electron chi connectivity index (χ2n) is 6.52. The molecular formula is C18H27Cl2IN4O. The number of aliphatic imine (C=N–C) groups is 1. The van der Waals surface area contributed by atoms with E-state index in [9.17, 15) is 4.79 Å². The average molecular weight is 513 g/mol. The van der Waals surface area contributed by atoms with Crippen LogP contribution in [0.1, 0.15) is 25.8 Å². The summed E-state index contributed by atoms with van der Waals surface area (Å²) in [6, 6.07) is 5.74. The summed E-state index contributed by atoms with van der Waals surface area (Å²) in [6.07, 6.45) is 1.64. The number of nitrogens with zero attached hydrogens (tertiary/aromatic N) is 2. The Kier molecular flexibility index (Phi) is 10.0. The Balaban J connectivity index is 0.00000338. The first kappa shape index (κ1) is 23.3. The highest BCUT2D eigenvalue weighted by atomic mass is 127. The summed E-state index contributed by atoms with van der Waals surface area (Å²) in [5.74, 6) is 0.976. The molecule has 1 aromatic carbocycles. The molecule has 0 bridgehead atoms. The number of hydrogen-bond acceptors (Lipinski definition) is 2. The minimum absolute atomic E-state index is 0. The molecule has 0 aliphatic carbocycles. The second kappa shape index (κ2) is 11.2. The van der Waals surface area contributed by atoms with Gasteiger partial charge in [0.05, 0.1) is 0 Å². The third-order valence-electron chi connectivity index (χ3n) is 4.29. The van der Waals surface area contributed by atoms with Crippen LogP contribution in [0.3, 0.4) is 0 Å². The standard InChI is InChI=1S/C18H26Cl2N4O.HI/c1-12(2)17(25)24-10-8-13(11-24)23-18(21-3)22-9-7-14-15(19)5-4-6-16(14)20;/h4-6,12-13H,7-11H2,1-3H3,(H2,21,22,23);1H. The number of guanidine groups is 1. The zero-order valence-electron chi connectivity index (χ0n) is 15.4. The number of likely N-dealkylation sites (tertiary alicyclic amines) is 1. The number of carbonyl (C=O) groups excluding carboxylic acids is 1. The predicted octanol–water partition coefficient (Wildman–Crippen LogP) is 3.58. The Morgan fingerprint density at radius 2 is 2.00 bits per heavy atom. The molecule has 1 unspecified atom stereocenters. The average Bonchev–Trinajstić information content (AvgIpc) is 3.04. The predicted molar refractivity (Wildman–Crippen MR) is 120 cm³/mol. The van der Waals surface area contributed by atoms with Crippen molar-refractivity contribution in [1.29, 1.82) is 0 Å². The number of carbonyl (C=O) groups is 1. The molecule has 2 rings (SSSR count). The Bertz CT molecular complexity index is 619. The first-order valence-corrected chi connectivity index (χ1v) is 9.36. The highest BCUT2D eigenvalue weighted by Gasteiger charge is 2.27. The number of rotatable bonds is 5. The summed E-state index contributed by atoms with van der Waals surface area (Å²) in [7, 11) is 1.74. The Labute approximate surface area is 182 Å². The number of amides is 1.